The molecule has 0 radical (unpaired) electrons. The first kappa shape index (κ1) is 11.8. The molecule has 0 saturated carbocycles. The SMILES string of the molecule is O=C1CCC(NC(=O)C2CNC(=O)CN2)CN1. The summed E-state index contributed by atoms with van der Waals surface area (Å²) in [6.45, 7) is 0.951. The third-order valence-corrected chi connectivity index (χ3v) is 2.94. The van der Waals surface area contributed by atoms with Gasteiger partial charge in [-0.15, -0.1) is 0 Å². The van der Waals surface area contributed by atoms with Gasteiger partial charge in [-0.1, -0.05) is 0 Å². The van der Waals surface area contributed by atoms with Crippen LogP contribution >= 0.6 is 0 Å². The minimum Gasteiger partial charge on any atom is -0.354 e. The second-order valence-corrected chi connectivity index (χ2v) is 4.29. The summed E-state index contributed by atoms with van der Waals surface area (Å²) in [6, 6.07) is -0.398. The van der Waals surface area contributed by atoms with Gasteiger partial charge in [-0.2, -0.15) is 0 Å². The number of amides is 3. The van der Waals surface area contributed by atoms with Gasteiger partial charge in [0.25, 0.3) is 0 Å². The van der Waals surface area contributed by atoms with Crippen molar-refractivity contribution in [3.63, 3.8) is 0 Å². The van der Waals surface area contributed by atoms with E-state index in [-0.39, 0.29) is 36.3 Å². The topological polar surface area (TPSA) is 99.3 Å². The van der Waals surface area contributed by atoms with Gasteiger partial charge in [0.2, 0.25) is 17.7 Å². The van der Waals surface area contributed by atoms with Crippen LogP contribution in [0, 0.1) is 0 Å². The molecule has 2 aliphatic heterocycles. The average Bonchev–Trinajstić information content (AvgIpc) is 2.33. The maximum Gasteiger partial charge on any atom is 0.239 e. The van der Waals surface area contributed by atoms with E-state index in [1.54, 1.807) is 0 Å². The molecule has 7 nitrogen and oxygen atoms in total. The van der Waals surface area contributed by atoms with E-state index in [4.69, 9.17) is 0 Å². The molecule has 0 aromatic carbocycles. The van der Waals surface area contributed by atoms with Crippen LogP contribution in [0.3, 0.4) is 0 Å². The van der Waals surface area contributed by atoms with Crippen LogP contribution in [0.25, 0.3) is 0 Å². The van der Waals surface area contributed by atoms with E-state index in [1.807, 2.05) is 0 Å². The second-order valence-electron chi connectivity index (χ2n) is 4.29. The minimum absolute atomic E-state index is 0.0142. The van der Waals surface area contributed by atoms with Crippen molar-refractivity contribution >= 4 is 17.7 Å². The Labute approximate surface area is 98.7 Å². The molecule has 2 saturated heterocycles. The van der Waals surface area contributed by atoms with Crippen molar-refractivity contribution in [2.75, 3.05) is 19.6 Å². The molecule has 0 bridgehead atoms. The Morgan fingerprint density at radius 2 is 1.94 bits per heavy atom. The lowest BCUT2D eigenvalue weighted by Gasteiger charge is -2.28. The maximum absolute atomic E-state index is 11.8. The molecule has 17 heavy (non-hydrogen) atoms. The number of nitrogens with one attached hydrogen (secondary N) is 4. The molecule has 2 rings (SSSR count). The van der Waals surface area contributed by atoms with E-state index in [2.05, 4.69) is 21.3 Å². The molecular weight excluding hydrogens is 224 g/mol. The zero-order valence-electron chi connectivity index (χ0n) is 9.41. The van der Waals surface area contributed by atoms with Crippen LogP contribution < -0.4 is 21.3 Å². The van der Waals surface area contributed by atoms with E-state index in [0.29, 0.717) is 25.9 Å². The van der Waals surface area contributed by atoms with E-state index in [9.17, 15) is 14.4 Å². The second kappa shape index (κ2) is 5.13. The van der Waals surface area contributed by atoms with E-state index < -0.39 is 0 Å². The average molecular weight is 240 g/mol. The zero-order chi connectivity index (χ0) is 12.3. The van der Waals surface area contributed by atoms with E-state index >= 15 is 0 Å². The number of carbonyl (C=O) groups is 3. The summed E-state index contributed by atoms with van der Waals surface area (Å²) >= 11 is 0. The van der Waals surface area contributed by atoms with Crippen molar-refractivity contribution in [3.8, 4) is 0 Å². The van der Waals surface area contributed by atoms with Crippen molar-refractivity contribution in [1.82, 2.24) is 21.3 Å². The van der Waals surface area contributed by atoms with Crippen molar-refractivity contribution in [2.45, 2.75) is 24.9 Å². The molecule has 4 N–H and O–H groups in total. The highest BCUT2D eigenvalue weighted by atomic mass is 16.2. The fourth-order valence-electron chi connectivity index (χ4n) is 1.91. The molecule has 7 heteroatoms. The van der Waals surface area contributed by atoms with Gasteiger partial charge in [-0.05, 0) is 6.42 Å². The highest BCUT2D eigenvalue weighted by Crippen LogP contribution is 2.03. The molecule has 0 aromatic heterocycles. The Morgan fingerprint density at radius 3 is 2.53 bits per heavy atom. The van der Waals surface area contributed by atoms with Crippen LogP contribution in [0.5, 0.6) is 0 Å². The summed E-state index contributed by atoms with van der Waals surface area (Å²) in [5, 5.41) is 11.0. The lowest BCUT2D eigenvalue weighted by atomic mass is 10.1. The Morgan fingerprint density at radius 1 is 1.18 bits per heavy atom. The normalized spacial score (nSPS) is 29.2. The Balaban J connectivity index is 1.77. The molecule has 0 spiro atoms. The molecular formula is C10H16N4O3. The highest BCUT2D eigenvalue weighted by Gasteiger charge is 2.26. The number of piperidine rings is 1. The van der Waals surface area contributed by atoms with Gasteiger partial charge in [-0.3, -0.25) is 19.7 Å². The van der Waals surface area contributed by atoms with Gasteiger partial charge in [0, 0.05) is 25.6 Å². The first-order valence-corrected chi connectivity index (χ1v) is 5.72. The highest BCUT2D eigenvalue weighted by molar-refractivity contribution is 5.87. The third-order valence-electron chi connectivity index (χ3n) is 2.94. The van der Waals surface area contributed by atoms with Gasteiger partial charge in [0.1, 0.15) is 6.04 Å². The number of hydrogen-bond donors (Lipinski definition) is 4. The minimum atomic E-state index is -0.384. The predicted molar refractivity (Wildman–Crippen MR) is 59.0 cm³/mol. The van der Waals surface area contributed by atoms with Gasteiger partial charge >= 0.3 is 0 Å². The van der Waals surface area contributed by atoms with Crippen molar-refractivity contribution in [1.29, 1.82) is 0 Å². The molecule has 2 atom stereocenters. The summed E-state index contributed by atoms with van der Waals surface area (Å²) in [7, 11) is 0. The molecule has 0 aromatic rings. The maximum atomic E-state index is 11.8. The summed E-state index contributed by atoms with van der Waals surface area (Å²) in [5.74, 6) is -0.205. The van der Waals surface area contributed by atoms with Crippen LogP contribution in [-0.2, 0) is 14.4 Å². The Bertz CT molecular complexity index is 324. The monoisotopic (exact) mass is 240 g/mol. The van der Waals surface area contributed by atoms with Gasteiger partial charge < -0.3 is 16.0 Å². The first-order valence-electron chi connectivity index (χ1n) is 5.72. The molecule has 2 aliphatic rings. The van der Waals surface area contributed by atoms with Crippen LogP contribution in [-0.4, -0.2) is 49.4 Å². The van der Waals surface area contributed by atoms with Crippen LogP contribution in [0.15, 0.2) is 0 Å². The van der Waals surface area contributed by atoms with Crippen LogP contribution in [0.2, 0.25) is 0 Å². The smallest absolute Gasteiger partial charge is 0.239 e. The van der Waals surface area contributed by atoms with Crippen molar-refractivity contribution in [2.24, 2.45) is 0 Å². The molecule has 0 aliphatic carbocycles. The first-order chi connectivity index (χ1) is 8.15. The number of hydrogen-bond acceptors (Lipinski definition) is 4. The third kappa shape index (κ3) is 3.16. The summed E-state index contributed by atoms with van der Waals surface area (Å²) in [4.78, 5) is 33.7. The van der Waals surface area contributed by atoms with E-state index in [0.717, 1.165) is 0 Å². The van der Waals surface area contributed by atoms with Crippen molar-refractivity contribution in [3.05, 3.63) is 0 Å². The van der Waals surface area contributed by atoms with Gasteiger partial charge in [-0.25, -0.2) is 0 Å². The van der Waals surface area contributed by atoms with Gasteiger partial charge in [0.15, 0.2) is 0 Å². The standard InChI is InChI=1S/C10H16N4O3/c15-8-2-1-6(3-12-8)14-10(17)7-4-13-9(16)5-11-7/h6-7,11H,1-5H2,(H,12,15)(H,13,16)(H,14,17). The fraction of sp³-hybridized carbons (Fsp3) is 0.700. The fourth-order valence-corrected chi connectivity index (χ4v) is 1.91. The van der Waals surface area contributed by atoms with Crippen LogP contribution in [0.1, 0.15) is 12.8 Å². The zero-order valence-corrected chi connectivity index (χ0v) is 9.41. The molecule has 2 unspecified atom stereocenters. The number of piperazine rings is 1. The largest absolute Gasteiger partial charge is 0.354 e. The lowest BCUT2D eigenvalue weighted by Crippen LogP contribution is -2.60. The van der Waals surface area contributed by atoms with E-state index in [1.165, 1.54) is 0 Å². The van der Waals surface area contributed by atoms with Crippen LogP contribution in [0.4, 0.5) is 0 Å². The lowest BCUT2D eigenvalue weighted by molar-refractivity contribution is -0.128. The molecule has 3 amide bonds. The Hall–Kier alpha value is -1.63. The molecule has 94 valence electrons. The van der Waals surface area contributed by atoms with Gasteiger partial charge in [0.05, 0.1) is 6.54 Å². The summed E-state index contributed by atoms with van der Waals surface area (Å²) < 4.78 is 0. The number of rotatable bonds is 2. The molecule has 2 heterocycles. The number of carbonyl (C=O) groups excluding carboxylic acids is 3. The molecule has 2 fully saturated rings. The Kier molecular flexibility index (Phi) is 3.58. The summed E-state index contributed by atoms with van der Waals surface area (Å²) in [6.07, 6.45) is 1.11. The summed E-state index contributed by atoms with van der Waals surface area (Å²) in [5.41, 5.74) is 0. The quantitative estimate of drug-likeness (QED) is 0.427. The van der Waals surface area contributed by atoms with Crippen molar-refractivity contribution < 1.29 is 14.4 Å². The predicted octanol–water partition coefficient (Wildman–Crippen LogP) is -2.53.